The summed E-state index contributed by atoms with van der Waals surface area (Å²) < 4.78 is 45.8. The van der Waals surface area contributed by atoms with Gasteiger partial charge in [0.2, 0.25) is 0 Å². The molecule has 0 bridgehead atoms. The fraction of sp³-hybridized carbons (Fsp3) is 0.536. The smallest absolute Gasteiger partial charge is 0.380 e. The molecule has 0 spiro atoms. The lowest BCUT2D eigenvalue weighted by Crippen LogP contribution is -2.34. The molecule has 3 aliphatic rings. The number of nitrogens with one attached hydrogen (secondary N) is 1. The number of para-hydroxylation sites is 1. The lowest BCUT2D eigenvalue weighted by atomic mass is 9.82. The van der Waals surface area contributed by atoms with Gasteiger partial charge in [-0.05, 0) is 72.8 Å². The first kappa shape index (κ1) is 24.6. The molecule has 4 atom stereocenters. The number of nitrogens with zero attached hydrogens (tertiary/aromatic N) is 3. The highest BCUT2D eigenvalue weighted by atomic mass is 19.4. The van der Waals surface area contributed by atoms with Gasteiger partial charge in [0.15, 0.2) is 0 Å². The summed E-state index contributed by atoms with van der Waals surface area (Å²) in [4.78, 5) is 27.1. The molecule has 2 fully saturated rings. The number of aromatic nitrogens is 3. The van der Waals surface area contributed by atoms with Crippen LogP contribution in [0.15, 0.2) is 36.7 Å². The van der Waals surface area contributed by atoms with E-state index in [0.717, 1.165) is 58.1 Å². The fourth-order valence-corrected chi connectivity index (χ4v) is 6.65. The fourth-order valence-electron chi connectivity index (χ4n) is 6.65. The summed E-state index contributed by atoms with van der Waals surface area (Å²) in [6.45, 7) is 3.33. The van der Waals surface area contributed by atoms with Crippen molar-refractivity contribution in [2.45, 2.75) is 56.7 Å². The number of hydrogen-bond donors (Lipinski definition) is 1. The molecule has 2 saturated heterocycles. The summed E-state index contributed by atoms with van der Waals surface area (Å²) in [7, 11) is 0. The first-order valence-electron chi connectivity index (χ1n) is 13.2. The van der Waals surface area contributed by atoms with Crippen molar-refractivity contribution in [3.8, 4) is 0 Å². The molecule has 3 aromatic rings. The van der Waals surface area contributed by atoms with Gasteiger partial charge in [0.05, 0.1) is 24.1 Å². The topological polar surface area (TPSA) is 71.1 Å². The minimum atomic E-state index is -4.49. The van der Waals surface area contributed by atoms with Crippen LogP contribution in [0.1, 0.15) is 54.1 Å². The lowest BCUT2D eigenvalue weighted by Gasteiger charge is -2.23. The van der Waals surface area contributed by atoms with Gasteiger partial charge in [-0.1, -0.05) is 6.07 Å². The first-order chi connectivity index (χ1) is 17.8. The number of benzene rings is 1. The van der Waals surface area contributed by atoms with Gasteiger partial charge < -0.3 is 9.72 Å². The number of ketones is 1. The van der Waals surface area contributed by atoms with Crippen molar-refractivity contribution in [3.05, 3.63) is 59.2 Å². The van der Waals surface area contributed by atoms with Crippen LogP contribution in [-0.2, 0) is 28.5 Å². The number of H-pyrrole nitrogens is 1. The van der Waals surface area contributed by atoms with Crippen LogP contribution in [0.5, 0.6) is 0 Å². The number of halogens is 3. The van der Waals surface area contributed by atoms with E-state index in [9.17, 15) is 18.0 Å². The van der Waals surface area contributed by atoms with E-state index in [1.807, 2.05) is 12.4 Å². The average Bonchev–Trinajstić information content (AvgIpc) is 3.65. The van der Waals surface area contributed by atoms with Gasteiger partial charge in [-0.2, -0.15) is 13.2 Å². The zero-order valence-corrected chi connectivity index (χ0v) is 20.6. The molecule has 37 heavy (non-hydrogen) atoms. The van der Waals surface area contributed by atoms with Gasteiger partial charge in [-0.3, -0.25) is 14.7 Å². The Bertz CT molecular complexity index is 1280. The standard InChI is InChI=1S/C28H31F3N4O2/c29-28(30,31)24-2-1-3-25-27(24)34-26(33-25)12-22(36)11-20-15-35(21-7-9-37-16-21)14-19(20)10-18-5-4-17-6-8-32-13-23(17)18/h1-3,6,8,13,18-21H,4-5,7,9-12,14-16H2,(H,33,34)/t18?,19-,20?,21?/m0/s1. The molecule has 9 heteroatoms. The number of alkyl halides is 3. The number of ether oxygens (including phenoxy) is 1. The average molecular weight is 513 g/mol. The van der Waals surface area contributed by atoms with Gasteiger partial charge in [-0.15, -0.1) is 0 Å². The quantitative estimate of drug-likeness (QED) is 0.486. The van der Waals surface area contributed by atoms with Crippen LogP contribution in [0.25, 0.3) is 11.0 Å². The predicted molar refractivity (Wildman–Crippen MR) is 132 cm³/mol. The van der Waals surface area contributed by atoms with Crippen LogP contribution in [0, 0.1) is 11.8 Å². The molecule has 0 saturated carbocycles. The summed E-state index contributed by atoms with van der Waals surface area (Å²) in [5.74, 6) is 1.36. The number of likely N-dealkylation sites (tertiary alicyclic amines) is 1. The molecular weight excluding hydrogens is 481 g/mol. The highest BCUT2D eigenvalue weighted by molar-refractivity contribution is 5.83. The van der Waals surface area contributed by atoms with E-state index < -0.39 is 11.7 Å². The number of hydrogen-bond acceptors (Lipinski definition) is 5. The highest BCUT2D eigenvalue weighted by Crippen LogP contribution is 2.42. The third kappa shape index (κ3) is 5.03. The van der Waals surface area contributed by atoms with E-state index >= 15 is 0 Å². The van der Waals surface area contributed by atoms with Crippen LogP contribution in [0.3, 0.4) is 0 Å². The van der Waals surface area contributed by atoms with Gasteiger partial charge in [0.25, 0.3) is 0 Å². The number of pyridine rings is 1. The molecule has 6 rings (SSSR count). The molecule has 6 nitrogen and oxygen atoms in total. The van der Waals surface area contributed by atoms with Crippen molar-refractivity contribution in [2.75, 3.05) is 26.3 Å². The van der Waals surface area contributed by atoms with E-state index in [0.29, 0.717) is 35.6 Å². The Hall–Kier alpha value is -2.78. The summed E-state index contributed by atoms with van der Waals surface area (Å²) in [6.07, 6.45) is 4.02. The van der Waals surface area contributed by atoms with Crippen molar-refractivity contribution in [1.82, 2.24) is 19.9 Å². The lowest BCUT2D eigenvalue weighted by molar-refractivity contribution is -0.136. The Morgan fingerprint density at radius 3 is 2.84 bits per heavy atom. The zero-order valence-electron chi connectivity index (χ0n) is 20.6. The van der Waals surface area contributed by atoms with Gasteiger partial charge in [0, 0.05) is 44.6 Å². The normalized spacial score (nSPS) is 26.2. The maximum absolute atomic E-state index is 13.4. The maximum atomic E-state index is 13.4. The third-order valence-electron chi connectivity index (χ3n) is 8.48. The van der Waals surface area contributed by atoms with Crippen molar-refractivity contribution >= 4 is 16.8 Å². The largest absolute Gasteiger partial charge is 0.418 e. The second-order valence-electron chi connectivity index (χ2n) is 10.8. The molecule has 4 heterocycles. The molecular formula is C28H31F3N4O2. The number of Topliss-reactive ketones (excluding diaryl/α,β-unsaturated/α-hetero) is 1. The Balaban J connectivity index is 1.17. The minimum absolute atomic E-state index is 0.0118. The second-order valence-corrected chi connectivity index (χ2v) is 10.8. The molecule has 3 unspecified atom stereocenters. The Labute approximate surface area is 213 Å². The van der Waals surface area contributed by atoms with Crippen LogP contribution in [0.2, 0.25) is 0 Å². The summed E-state index contributed by atoms with van der Waals surface area (Å²) >= 11 is 0. The zero-order chi connectivity index (χ0) is 25.6. The Morgan fingerprint density at radius 2 is 2.03 bits per heavy atom. The van der Waals surface area contributed by atoms with Crippen molar-refractivity contribution in [3.63, 3.8) is 0 Å². The van der Waals surface area contributed by atoms with Crippen molar-refractivity contribution in [1.29, 1.82) is 0 Å². The molecule has 1 aliphatic carbocycles. The van der Waals surface area contributed by atoms with Gasteiger partial charge >= 0.3 is 6.18 Å². The number of rotatable bonds is 7. The van der Waals surface area contributed by atoms with Crippen LogP contribution in [-0.4, -0.2) is 58.0 Å². The van der Waals surface area contributed by atoms with E-state index in [2.05, 4.69) is 25.9 Å². The summed E-state index contributed by atoms with van der Waals surface area (Å²) in [5, 5.41) is 0. The SMILES string of the molecule is O=C(Cc1nc2c(C(F)(F)F)cccc2[nH]1)CC1CN(C2CCOC2)C[C@@H]1CC1CCc2ccncc21. The first-order valence-corrected chi connectivity index (χ1v) is 13.2. The van der Waals surface area contributed by atoms with Crippen molar-refractivity contribution < 1.29 is 22.7 Å². The summed E-state index contributed by atoms with van der Waals surface area (Å²) in [5.41, 5.74) is 2.12. The van der Waals surface area contributed by atoms with Crippen molar-refractivity contribution in [2.24, 2.45) is 11.8 Å². The predicted octanol–water partition coefficient (Wildman–Crippen LogP) is 4.94. The van der Waals surface area contributed by atoms with E-state index in [1.165, 1.54) is 17.2 Å². The molecule has 2 aliphatic heterocycles. The van der Waals surface area contributed by atoms with E-state index in [4.69, 9.17) is 4.74 Å². The molecule has 1 aromatic carbocycles. The third-order valence-corrected chi connectivity index (χ3v) is 8.48. The number of aryl methyl sites for hydroxylation is 1. The maximum Gasteiger partial charge on any atom is 0.418 e. The monoisotopic (exact) mass is 512 g/mol. The second kappa shape index (κ2) is 9.83. The number of imidazole rings is 1. The molecule has 0 radical (unpaired) electrons. The van der Waals surface area contributed by atoms with Crippen LogP contribution in [0.4, 0.5) is 13.2 Å². The van der Waals surface area contributed by atoms with E-state index in [1.54, 1.807) is 6.07 Å². The summed E-state index contributed by atoms with van der Waals surface area (Å²) in [6, 6.07) is 6.46. The number of carbonyl (C=O) groups is 1. The van der Waals surface area contributed by atoms with Crippen LogP contribution >= 0.6 is 0 Å². The number of carbonyl (C=O) groups excluding carboxylic acids is 1. The molecule has 1 N–H and O–H groups in total. The van der Waals surface area contributed by atoms with Crippen LogP contribution < -0.4 is 0 Å². The number of fused-ring (bicyclic) bond motifs is 2. The molecule has 2 aromatic heterocycles. The Kier molecular flexibility index (Phi) is 6.52. The van der Waals surface area contributed by atoms with Gasteiger partial charge in [-0.25, -0.2) is 4.98 Å². The number of aromatic amines is 1. The molecule has 196 valence electrons. The Morgan fingerprint density at radius 1 is 1.16 bits per heavy atom. The van der Waals surface area contributed by atoms with E-state index in [-0.39, 0.29) is 23.6 Å². The highest BCUT2D eigenvalue weighted by Gasteiger charge is 2.40. The van der Waals surface area contributed by atoms with Gasteiger partial charge in [0.1, 0.15) is 17.1 Å². The molecule has 0 amide bonds. The minimum Gasteiger partial charge on any atom is -0.380 e.